The molecule has 0 amide bonds. The van der Waals surface area contributed by atoms with Crippen LogP contribution in [-0.4, -0.2) is 27.2 Å². The van der Waals surface area contributed by atoms with Gasteiger partial charge in [0, 0.05) is 12.6 Å². The predicted molar refractivity (Wildman–Crippen MR) is 98.0 cm³/mol. The summed E-state index contributed by atoms with van der Waals surface area (Å²) in [4.78, 5) is 17.3. The molecule has 124 valence electrons. The molecule has 5 heteroatoms. The van der Waals surface area contributed by atoms with Gasteiger partial charge in [-0.05, 0) is 50.2 Å². The molecule has 0 saturated carbocycles. The summed E-state index contributed by atoms with van der Waals surface area (Å²) in [6.07, 6.45) is 0. The number of thioether (sulfide) groups is 1. The topological polar surface area (TPSA) is 44.1 Å². The van der Waals surface area contributed by atoms with Gasteiger partial charge in [-0.1, -0.05) is 23.9 Å². The summed E-state index contributed by atoms with van der Waals surface area (Å²) in [6, 6.07) is 15.3. The van der Waals surface area contributed by atoms with E-state index in [9.17, 15) is 4.79 Å². The van der Waals surface area contributed by atoms with E-state index < -0.39 is 0 Å². The van der Waals surface area contributed by atoms with Crippen LogP contribution in [0, 0.1) is 0 Å². The van der Waals surface area contributed by atoms with Crippen LogP contribution in [-0.2, 0) is 7.05 Å². The Morgan fingerprint density at radius 1 is 1.21 bits per heavy atom. The van der Waals surface area contributed by atoms with Crippen molar-refractivity contribution in [3.05, 3.63) is 54.1 Å². The number of fused-ring (bicyclic) bond motifs is 1. The Morgan fingerprint density at radius 3 is 2.58 bits per heavy atom. The van der Waals surface area contributed by atoms with Crippen LogP contribution >= 0.6 is 11.8 Å². The molecular formula is C19H20N2O2S. The summed E-state index contributed by atoms with van der Waals surface area (Å²) in [5, 5.41) is 0.640. The van der Waals surface area contributed by atoms with Gasteiger partial charge < -0.3 is 9.30 Å². The van der Waals surface area contributed by atoms with Crippen molar-refractivity contribution in [3.8, 4) is 5.75 Å². The molecule has 0 aliphatic rings. The summed E-state index contributed by atoms with van der Waals surface area (Å²) in [6.45, 7) is 4.48. The first kappa shape index (κ1) is 16.6. The summed E-state index contributed by atoms with van der Waals surface area (Å²) in [5.41, 5.74) is 2.71. The third kappa shape index (κ3) is 3.31. The zero-order valence-corrected chi connectivity index (χ0v) is 14.8. The zero-order chi connectivity index (χ0) is 17.1. The minimum atomic E-state index is -0.210. The summed E-state index contributed by atoms with van der Waals surface area (Å²) < 4.78 is 7.45. The van der Waals surface area contributed by atoms with E-state index in [1.165, 1.54) is 11.8 Å². The van der Waals surface area contributed by atoms with Gasteiger partial charge in [-0.2, -0.15) is 0 Å². The average molecular weight is 340 g/mol. The number of imidazole rings is 1. The van der Waals surface area contributed by atoms with E-state index >= 15 is 0 Å². The Balaban J connectivity index is 1.76. The van der Waals surface area contributed by atoms with E-state index in [-0.39, 0.29) is 11.0 Å². The number of nitrogens with zero attached hydrogens (tertiary/aromatic N) is 2. The molecule has 0 spiro atoms. The Hall–Kier alpha value is -2.27. The van der Waals surface area contributed by atoms with Crippen LogP contribution in [0.1, 0.15) is 24.2 Å². The fourth-order valence-electron chi connectivity index (χ4n) is 2.56. The second-order valence-electron chi connectivity index (χ2n) is 5.52. The smallest absolute Gasteiger partial charge is 0.175 e. The van der Waals surface area contributed by atoms with E-state index in [1.54, 1.807) is 0 Å². The number of hydrogen-bond donors (Lipinski definition) is 0. The molecule has 0 saturated heterocycles. The average Bonchev–Trinajstić information content (AvgIpc) is 2.91. The number of para-hydroxylation sites is 2. The Bertz CT molecular complexity index is 855. The second kappa shape index (κ2) is 7.09. The van der Waals surface area contributed by atoms with Gasteiger partial charge in [0.2, 0.25) is 0 Å². The molecule has 1 aromatic heterocycles. The van der Waals surface area contributed by atoms with Crippen LogP contribution in [0.5, 0.6) is 5.75 Å². The molecule has 0 bridgehead atoms. The van der Waals surface area contributed by atoms with Crippen LogP contribution in [0.15, 0.2) is 53.7 Å². The van der Waals surface area contributed by atoms with Crippen LogP contribution in [0.25, 0.3) is 11.0 Å². The third-order valence-corrected chi connectivity index (χ3v) is 4.99. The van der Waals surface area contributed by atoms with Crippen molar-refractivity contribution in [2.24, 2.45) is 7.05 Å². The van der Waals surface area contributed by atoms with Crippen LogP contribution in [0.3, 0.4) is 0 Å². The zero-order valence-electron chi connectivity index (χ0n) is 14.0. The number of aromatic nitrogens is 2. The molecule has 0 aliphatic carbocycles. The SMILES string of the molecule is CCOc1ccc(C(=O)[C@H](C)Sc2nc3ccccc3n2C)cc1. The first-order valence-electron chi connectivity index (χ1n) is 7.95. The molecule has 0 aliphatic heterocycles. The van der Waals surface area contributed by atoms with Crippen molar-refractivity contribution in [2.75, 3.05) is 6.61 Å². The minimum Gasteiger partial charge on any atom is -0.494 e. The van der Waals surface area contributed by atoms with Gasteiger partial charge in [0.05, 0.1) is 22.9 Å². The number of ether oxygens (including phenoxy) is 1. The second-order valence-corrected chi connectivity index (χ2v) is 6.83. The molecule has 1 atom stereocenters. The molecule has 0 unspecified atom stereocenters. The standard InChI is InChI=1S/C19H20N2O2S/c1-4-23-15-11-9-14(10-12-15)18(22)13(2)24-19-20-16-7-5-6-8-17(16)21(19)3/h5-13H,4H2,1-3H3/t13-/m0/s1. The highest BCUT2D eigenvalue weighted by atomic mass is 32.2. The van der Waals surface area contributed by atoms with Gasteiger partial charge in [0.1, 0.15) is 5.75 Å². The number of aryl methyl sites for hydroxylation is 1. The molecule has 2 aromatic carbocycles. The molecular weight excluding hydrogens is 320 g/mol. The molecule has 24 heavy (non-hydrogen) atoms. The lowest BCUT2D eigenvalue weighted by Gasteiger charge is -2.11. The molecule has 3 aromatic rings. The minimum absolute atomic E-state index is 0.0927. The largest absolute Gasteiger partial charge is 0.494 e. The molecule has 0 N–H and O–H groups in total. The maximum atomic E-state index is 12.6. The maximum absolute atomic E-state index is 12.6. The Morgan fingerprint density at radius 2 is 1.92 bits per heavy atom. The number of hydrogen-bond acceptors (Lipinski definition) is 4. The van der Waals surface area contributed by atoms with Gasteiger partial charge in [0.15, 0.2) is 10.9 Å². The van der Waals surface area contributed by atoms with E-state index in [0.29, 0.717) is 12.2 Å². The van der Waals surface area contributed by atoms with Crippen LogP contribution in [0.4, 0.5) is 0 Å². The number of ketones is 1. The third-order valence-electron chi connectivity index (χ3n) is 3.85. The van der Waals surface area contributed by atoms with Gasteiger partial charge in [-0.25, -0.2) is 4.98 Å². The monoisotopic (exact) mass is 340 g/mol. The van der Waals surface area contributed by atoms with Gasteiger partial charge in [0.25, 0.3) is 0 Å². The molecule has 4 nitrogen and oxygen atoms in total. The maximum Gasteiger partial charge on any atom is 0.175 e. The highest BCUT2D eigenvalue weighted by molar-refractivity contribution is 8.00. The number of Topliss-reactive ketones (excluding diaryl/α,β-unsaturated/α-hetero) is 1. The Labute approximate surface area is 145 Å². The van der Waals surface area contributed by atoms with E-state index in [1.807, 2.05) is 74.0 Å². The van der Waals surface area contributed by atoms with E-state index in [4.69, 9.17) is 4.74 Å². The predicted octanol–water partition coefficient (Wildman–Crippen LogP) is 4.34. The molecule has 0 radical (unpaired) electrons. The first-order chi connectivity index (χ1) is 11.6. The quantitative estimate of drug-likeness (QED) is 0.495. The van der Waals surface area contributed by atoms with E-state index in [2.05, 4.69) is 4.98 Å². The number of carbonyl (C=O) groups is 1. The number of rotatable bonds is 6. The van der Waals surface area contributed by atoms with Crippen molar-refractivity contribution in [3.63, 3.8) is 0 Å². The molecule has 0 fully saturated rings. The lowest BCUT2D eigenvalue weighted by Crippen LogP contribution is -2.14. The van der Waals surface area contributed by atoms with Crippen molar-refractivity contribution in [1.29, 1.82) is 0 Å². The van der Waals surface area contributed by atoms with Crippen LogP contribution in [0.2, 0.25) is 0 Å². The number of carbonyl (C=O) groups excluding carboxylic acids is 1. The van der Waals surface area contributed by atoms with Gasteiger partial charge in [-0.3, -0.25) is 4.79 Å². The summed E-state index contributed by atoms with van der Waals surface area (Å²) in [5.74, 6) is 0.875. The summed E-state index contributed by atoms with van der Waals surface area (Å²) in [7, 11) is 1.98. The van der Waals surface area contributed by atoms with Crippen molar-refractivity contribution in [2.45, 2.75) is 24.3 Å². The number of benzene rings is 2. The highest BCUT2D eigenvalue weighted by Crippen LogP contribution is 2.28. The molecule has 3 rings (SSSR count). The lowest BCUT2D eigenvalue weighted by atomic mass is 10.1. The highest BCUT2D eigenvalue weighted by Gasteiger charge is 2.19. The Kier molecular flexibility index (Phi) is 4.90. The van der Waals surface area contributed by atoms with Crippen molar-refractivity contribution >= 4 is 28.6 Å². The van der Waals surface area contributed by atoms with Gasteiger partial charge >= 0.3 is 0 Å². The van der Waals surface area contributed by atoms with Crippen LogP contribution < -0.4 is 4.74 Å². The normalized spacial score (nSPS) is 12.3. The summed E-state index contributed by atoms with van der Waals surface area (Å²) >= 11 is 1.48. The fourth-order valence-corrected chi connectivity index (χ4v) is 3.52. The molecule has 1 heterocycles. The first-order valence-corrected chi connectivity index (χ1v) is 8.83. The lowest BCUT2D eigenvalue weighted by molar-refractivity contribution is 0.0994. The van der Waals surface area contributed by atoms with Gasteiger partial charge in [-0.15, -0.1) is 0 Å². The van der Waals surface area contributed by atoms with Crippen molar-refractivity contribution in [1.82, 2.24) is 9.55 Å². The van der Waals surface area contributed by atoms with Crippen molar-refractivity contribution < 1.29 is 9.53 Å². The fraction of sp³-hybridized carbons (Fsp3) is 0.263. The van der Waals surface area contributed by atoms with E-state index in [0.717, 1.165) is 21.9 Å².